The van der Waals surface area contributed by atoms with Gasteiger partial charge in [0.1, 0.15) is 0 Å². The Bertz CT molecular complexity index is 136. The highest BCUT2D eigenvalue weighted by Crippen LogP contribution is 2.30. The maximum absolute atomic E-state index is 5.51. The van der Waals surface area contributed by atoms with Crippen molar-refractivity contribution in [2.75, 3.05) is 7.11 Å². The molecule has 0 radical (unpaired) electrons. The van der Waals surface area contributed by atoms with Gasteiger partial charge in [-0.15, -0.1) is 0 Å². The summed E-state index contributed by atoms with van der Waals surface area (Å²) in [6, 6.07) is 0. The Kier molecular flexibility index (Phi) is 4.44. The lowest BCUT2D eigenvalue weighted by molar-refractivity contribution is 0.00366. The Hall–Kier alpha value is -0.0400. The molecule has 0 aromatic rings. The van der Waals surface area contributed by atoms with E-state index in [1.165, 1.54) is 6.42 Å². The number of hydrogen-bond donors (Lipinski definition) is 0. The molecule has 0 N–H and O–H groups in total. The first kappa shape index (κ1) is 13.0. The molecule has 0 fully saturated rings. The normalized spacial score (nSPS) is 15.9. The van der Waals surface area contributed by atoms with Crippen molar-refractivity contribution in [2.45, 2.75) is 60.5 Å². The molecule has 0 aromatic heterocycles. The summed E-state index contributed by atoms with van der Waals surface area (Å²) < 4.78 is 5.51. The summed E-state index contributed by atoms with van der Waals surface area (Å²) in [5, 5.41) is 0. The maximum Gasteiger partial charge on any atom is 0.0619 e. The first-order valence-electron chi connectivity index (χ1n) is 5.19. The highest BCUT2D eigenvalue weighted by molar-refractivity contribution is 4.76. The molecule has 1 heteroatoms. The van der Waals surface area contributed by atoms with E-state index < -0.39 is 0 Å². The minimum absolute atomic E-state index is 0.264. The molecule has 0 aromatic carbocycles. The molecule has 0 rings (SSSR count). The van der Waals surface area contributed by atoms with Gasteiger partial charge in [0.15, 0.2) is 0 Å². The molecular formula is C12H26O. The van der Waals surface area contributed by atoms with Gasteiger partial charge in [-0.05, 0) is 23.7 Å². The third-order valence-electron chi connectivity index (χ3n) is 2.41. The fourth-order valence-electron chi connectivity index (χ4n) is 1.47. The van der Waals surface area contributed by atoms with Crippen molar-refractivity contribution in [1.82, 2.24) is 0 Å². The van der Waals surface area contributed by atoms with Crippen molar-refractivity contribution in [2.24, 2.45) is 10.8 Å². The zero-order valence-corrected chi connectivity index (χ0v) is 10.4. The molecule has 80 valence electrons. The van der Waals surface area contributed by atoms with Gasteiger partial charge in [-0.2, -0.15) is 0 Å². The molecule has 0 aliphatic rings. The van der Waals surface area contributed by atoms with Crippen LogP contribution in [0.15, 0.2) is 0 Å². The fraction of sp³-hybridized carbons (Fsp3) is 1.00. The van der Waals surface area contributed by atoms with E-state index in [2.05, 4.69) is 41.5 Å². The summed E-state index contributed by atoms with van der Waals surface area (Å²) in [5.74, 6) is 0. The number of hydrogen-bond acceptors (Lipinski definition) is 1. The predicted molar refractivity (Wildman–Crippen MR) is 58.9 cm³/mol. The van der Waals surface area contributed by atoms with Crippen LogP contribution in [0, 0.1) is 10.8 Å². The van der Waals surface area contributed by atoms with Crippen LogP contribution in [0.2, 0.25) is 0 Å². The van der Waals surface area contributed by atoms with E-state index in [-0.39, 0.29) is 5.41 Å². The smallest absolute Gasteiger partial charge is 0.0619 e. The first-order valence-corrected chi connectivity index (χ1v) is 5.19. The van der Waals surface area contributed by atoms with E-state index >= 15 is 0 Å². The highest BCUT2D eigenvalue weighted by atomic mass is 16.5. The Balaban J connectivity index is 4.02. The van der Waals surface area contributed by atoms with Crippen molar-refractivity contribution in [3.05, 3.63) is 0 Å². The monoisotopic (exact) mass is 186 g/mol. The number of ether oxygens (including phenoxy) is 1. The topological polar surface area (TPSA) is 9.23 Å². The third-order valence-corrected chi connectivity index (χ3v) is 2.41. The van der Waals surface area contributed by atoms with Crippen LogP contribution in [0.4, 0.5) is 0 Å². The summed E-state index contributed by atoms with van der Waals surface area (Å²) in [7, 11) is 1.82. The molecule has 1 nitrogen and oxygen atoms in total. The third kappa shape index (κ3) is 6.09. The van der Waals surface area contributed by atoms with Crippen LogP contribution in [0.1, 0.15) is 54.4 Å². The lowest BCUT2D eigenvalue weighted by atomic mass is 9.81. The maximum atomic E-state index is 5.51. The van der Waals surface area contributed by atoms with Crippen LogP contribution in [0.3, 0.4) is 0 Å². The second kappa shape index (κ2) is 4.45. The second-order valence-corrected chi connectivity index (χ2v) is 6.19. The van der Waals surface area contributed by atoms with Crippen LogP contribution >= 0.6 is 0 Å². The SMILES string of the molecule is COC(CCC(C)(C)C)C(C)(C)C. The molecule has 13 heavy (non-hydrogen) atoms. The van der Waals surface area contributed by atoms with Crippen LogP contribution in [0.25, 0.3) is 0 Å². The Morgan fingerprint density at radius 1 is 1.00 bits per heavy atom. The Morgan fingerprint density at radius 2 is 1.46 bits per heavy atom. The van der Waals surface area contributed by atoms with E-state index in [4.69, 9.17) is 4.74 Å². The molecule has 0 bridgehead atoms. The summed E-state index contributed by atoms with van der Waals surface area (Å²) >= 11 is 0. The quantitative estimate of drug-likeness (QED) is 0.650. The fourth-order valence-corrected chi connectivity index (χ4v) is 1.47. The standard InChI is InChI=1S/C12H26O/c1-11(2,3)9-8-10(13-7)12(4,5)6/h10H,8-9H2,1-7H3. The van der Waals surface area contributed by atoms with Gasteiger partial charge in [-0.25, -0.2) is 0 Å². The highest BCUT2D eigenvalue weighted by Gasteiger charge is 2.25. The molecular weight excluding hydrogens is 160 g/mol. The zero-order valence-electron chi connectivity index (χ0n) is 10.4. The number of methoxy groups -OCH3 is 1. The molecule has 0 saturated heterocycles. The number of rotatable bonds is 3. The lowest BCUT2D eigenvalue weighted by Crippen LogP contribution is -2.29. The Labute approximate surface area is 83.9 Å². The van der Waals surface area contributed by atoms with Gasteiger partial charge >= 0.3 is 0 Å². The van der Waals surface area contributed by atoms with Crippen molar-refractivity contribution >= 4 is 0 Å². The van der Waals surface area contributed by atoms with Gasteiger partial charge in [0.2, 0.25) is 0 Å². The minimum atomic E-state index is 0.264. The van der Waals surface area contributed by atoms with Crippen LogP contribution in [-0.4, -0.2) is 13.2 Å². The van der Waals surface area contributed by atoms with E-state index in [0.717, 1.165) is 6.42 Å². The molecule has 0 heterocycles. The molecule has 0 aliphatic heterocycles. The molecule has 1 atom stereocenters. The van der Waals surface area contributed by atoms with Crippen LogP contribution < -0.4 is 0 Å². The van der Waals surface area contributed by atoms with Crippen LogP contribution in [0.5, 0.6) is 0 Å². The van der Waals surface area contributed by atoms with Crippen molar-refractivity contribution in [1.29, 1.82) is 0 Å². The molecule has 1 unspecified atom stereocenters. The van der Waals surface area contributed by atoms with Crippen molar-refractivity contribution in [3.63, 3.8) is 0 Å². The summed E-state index contributed by atoms with van der Waals surface area (Å²) in [4.78, 5) is 0. The largest absolute Gasteiger partial charge is 0.381 e. The lowest BCUT2D eigenvalue weighted by Gasteiger charge is -2.31. The average Bonchev–Trinajstić information content (AvgIpc) is 1.82. The van der Waals surface area contributed by atoms with Crippen LogP contribution in [-0.2, 0) is 4.74 Å². The molecule has 0 spiro atoms. The zero-order chi connectivity index (χ0) is 10.7. The predicted octanol–water partition coefficient (Wildman–Crippen LogP) is 3.87. The van der Waals surface area contributed by atoms with E-state index in [1.807, 2.05) is 7.11 Å². The van der Waals surface area contributed by atoms with Crippen molar-refractivity contribution in [3.8, 4) is 0 Å². The van der Waals surface area contributed by atoms with Gasteiger partial charge in [0.25, 0.3) is 0 Å². The summed E-state index contributed by atoms with van der Waals surface area (Å²) in [5.41, 5.74) is 0.683. The average molecular weight is 186 g/mol. The molecule has 0 saturated carbocycles. The Morgan fingerprint density at radius 3 is 1.69 bits per heavy atom. The van der Waals surface area contributed by atoms with E-state index in [1.54, 1.807) is 0 Å². The van der Waals surface area contributed by atoms with Gasteiger partial charge in [0.05, 0.1) is 6.10 Å². The van der Waals surface area contributed by atoms with Gasteiger partial charge < -0.3 is 4.74 Å². The van der Waals surface area contributed by atoms with Crippen molar-refractivity contribution < 1.29 is 4.74 Å². The molecule has 0 aliphatic carbocycles. The molecule has 0 amide bonds. The van der Waals surface area contributed by atoms with Gasteiger partial charge in [-0.3, -0.25) is 0 Å². The second-order valence-electron chi connectivity index (χ2n) is 6.19. The summed E-state index contributed by atoms with van der Waals surface area (Å²) in [6.45, 7) is 13.6. The first-order chi connectivity index (χ1) is 5.67. The van der Waals surface area contributed by atoms with Gasteiger partial charge in [0, 0.05) is 7.11 Å². The van der Waals surface area contributed by atoms with Gasteiger partial charge in [-0.1, -0.05) is 41.5 Å². The minimum Gasteiger partial charge on any atom is -0.381 e. The summed E-state index contributed by atoms with van der Waals surface area (Å²) in [6.07, 6.45) is 2.76. The van der Waals surface area contributed by atoms with E-state index in [0.29, 0.717) is 11.5 Å². The van der Waals surface area contributed by atoms with E-state index in [9.17, 15) is 0 Å².